The molecule has 1 aromatic rings. The van der Waals surface area contributed by atoms with E-state index in [1.807, 2.05) is 20.8 Å². The van der Waals surface area contributed by atoms with Gasteiger partial charge in [-0.25, -0.2) is 4.98 Å². The van der Waals surface area contributed by atoms with Gasteiger partial charge in [0.15, 0.2) is 0 Å². The zero-order valence-corrected chi connectivity index (χ0v) is 11.5. The third-order valence-electron chi connectivity index (χ3n) is 3.47. The molecular weight excluding hydrogens is 228 g/mol. The van der Waals surface area contributed by atoms with Crippen LogP contribution in [-0.4, -0.2) is 22.7 Å². The normalized spacial score (nSPS) is 20.3. The van der Waals surface area contributed by atoms with Crippen molar-refractivity contribution < 1.29 is 4.74 Å². The number of aromatic nitrogens is 2. The fraction of sp³-hybridized carbons (Fsp3) is 0.714. The molecule has 1 aliphatic heterocycles. The van der Waals surface area contributed by atoms with Crippen LogP contribution in [0.5, 0.6) is 0 Å². The maximum atomic E-state index is 12.0. The van der Waals surface area contributed by atoms with E-state index in [1.54, 1.807) is 0 Å². The maximum Gasteiger partial charge on any atom is 0.254 e. The van der Waals surface area contributed by atoms with Crippen molar-refractivity contribution >= 4 is 0 Å². The SMILES string of the molecule is Cc1nc(CC2CCCCO2)[nH]c(=O)c1C(C)C. The quantitative estimate of drug-likeness (QED) is 0.895. The van der Waals surface area contributed by atoms with Crippen LogP contribution >= 0.6 is 0 Å². The largest absolute Gasteiger partial charge is 0.378 e. The Morgan fingerprint density at radius 2 is 2.22 bits per heavy atom. The number of nitrogens with zero attached hydrogens (tertiary/aromatic N) is 1. The lowest BCUT2D eigenvalue weighted by molar-refractivity contribution is 0.0156. The molecule has 1 aromatic heterocycles. The lowest BCUT2D eigenvalue weighted by Crippen LogP contribution is -2.26. The average molecular weight is 250 g/mol. The monoisotopic (exact) mass is 250 g/mol. The minimum Gasteiger partial charge on any atom is -0.378 e. The number of ether oxygens (including phenoxy) is 1. The molecule has 1 N–H and O–H groups in total. The summed E-state index contributed by atoms with van der Waals surface area (Å²) in [5.74, 6) is 0.968. The maximum absolute atomic E-state index is 12.0. The van der Waals surface area contributed by atoms with Crippen molar-refractivity contribution in [3.05, 3.63) is 27.4 Å². The highest BCUT2D eigenvalue weighted by molar-refractivity contribution is 5.20. The molecule has 1 atom stereocenters. The van der Waals surface area contributed by atoms with E-state index < -0.39 is 0 Å². The van der Waals surface area contributed by atoms with Crippen molar-refractivity contribution in [2.45, 2.75) is 58.5 Å². The van der Waals surface area contributed by atoms with Gasteiger partial charge in [0.05, 0.1) is 6.10 Å². The zero-order valence-electron chi connectivity index (χ0n) is 11.5. The van der Waals surface area contributed by atoms with E-state index in [9.17, 15) is 4.79 Å². The number of rotatable bonds is 3. The predicted octanol–water partition coefficient (Wildman–Crippen LogP) is 2.31. The summed E-state index contributed by atoms with van der Waals surface area (Å²) >= 11 is 0. The van der Waals surface area contributed by atoms with E-state index in [2.05, 4.69) is 9.97 Å². The summed E-state index contributed by atoms with van der Waals surface area (Å²) in [5.41, 5.74) is 1.64. The molecule has 1 aliphatic rings. The van der Waals surface area contributed by atoms with Crippen molar-refractivity contribution in [1.29, 1.82) is 0 Å². The Balaban J connectivity index is 2.17. The number of hydrogen-bond acceptors (Lipinski definition) is 3. The third kappa shape index (κ3) is 2.99. The van der Waals surface area contributed by atoms with Gasteiger partial charge in [-0.2, -0.15) is 0 Å². The fourth-order valence-corrected chi connectivity index (χ4v) is 2.61. The highest BCUT2D eigenvalue weighted by Crippen LogP contribution is 2.17. The molecule has 4 heteroatoms. The van der Waals surface area contributed by atoms with Crippen LogP contribution in [0.3, 0.4) is 0 Å². The fourth-order valence-electron chi connectivity index (χ4n) is 2.61. The molecule has 1 saturated heterocycles. The molecule has 0 aliphatic carbocycles. The molecule has 18 heavy (non-hydrogen) atoms. The first kappa shape index (κ1) is 13.3. The summed E-state index contributed by atoms with van der Waals surface area (Å²) in [7, 11) is 0. The third-order valence-corrected chi connectivity index (χ3v) is 3.47. The van der Waals surface area contributed by atoms with Crippen molar-refractivity contribution in [3.63, 3.8) is 0 Å². The van der Waals surface area contributed by atoms with Gasteiger partial charge in [0, 0.05) is 24.3 Å². The summed E-state index contributed by atoms with van der Waals surface area (Å²) < 4.78 is 5.68. The molecule has 100 valence electrons. The number of H-pyrrole nitrogens is 1. The number of aryl methyl sites for hydroxylation is 1. The molecule has 1 fully saturated rings. The van der Waals surface area contributed by atoms with E-state index in [-0.39, 0.29) is 17.6 Å². The standard InChI is InChI=1S/C14H22N2O2/c1-9(2)13-10(3)15-12(16-14(13)17)8-11-6-4-5-7-18-11/h9,11H,4-8H2,1-3H3,(H,15,16,17). The molecule has 1 unspecified atom stereocenters. The first-order valence-corrected chi connectivity index (χ1v) is 6.79. The van der Waals surface area contributed by atoms with Crippen LogP contribution in [0, 0.1) is 6.92 Å². The van der Waals surface area contributed by atoms with Gasteiger partial charge in [-0.15, -0.1) is 0 Å². The minimum absolute atomic E-state index is 0.00306. The Kier molecular flexibility index (Phi) is 4.17. The van der Waals surface area contributed by atoms with Crippen LogP contribution < -0.4 is 5.56 Å². The average Bonchev–Trinajstić information content (AvgIpc) is 2.28. The predicted molar refractivity (Wildman–Crippen MR) is 71.0 cm³/mol. The van der Waals surface area contributed by atoms with E-state index in [0.717, 1.165) is 36.5 Å². The van der Waals surface area contributed by atoms with Crippen LogP contribution in [0.15, 0.2) is 4.79 Å². The Labute approximate surface area is 108 Å². The van der Waals surface area contributed by atoms with Gasteiger partial charge in [-0.3, -0.25) is 4.79 Å². The summed E-state index contributed by atoms with van der Waals surface area (Å²) in [6.07, 6.45) is 4.35. The van der Waals surface area contributed by atoms with Crippen molar-refractivity contribution in [2.24, 2.45) is 0 Å². The van der Waals surface area contributed by atoms with Gasteiger partial charge < -0.3 is 9.72 Å². The summed E-state index contributed by atoms with van der Waals surface area (Å²) in [5, 5.41) is 0. The van der Waals surface area contributed by atoms with Crippen molar-refractivity contribution in [3.8, 4) is 0 Å². The lowest BCUT2D eigenvalue weighted by Gasteiger charge is -2.22. The highest BCUT2D eigenvalue weighted by atomic mass is 16.5. The van der Waals surface area contributed by atoms with E-state index in [1.165, 1.54) is 6.42 Å². The molecule has 0 amide bonds. The molecule has 0 radical (unpaired) electrons. The Morgan fingerprint density at radius 1 is 1.44 bits per heavy atom. The summed E-state index contributed by atoms with van der Waals surface area (Å²) in [4.78, 5) is 19.4. The topological polar surface area (TPSA) is 55.0 Å². The molecule has 0 bridgehead atoms. The van der Waals surface area contributed by atoms with E-state index >= 15 is 0 Å². The van der Waals surface area contributed by atoms with Crippen molar-refractivity contribution in [1.82, 2.24) is 9.97 Å². The Bertz CT molecular complexity index is 459. The molecule has 0 saturated carbocycles. The second-order valence-corrected chi connectivity index (χ2v) is 5.36. The molecule has 0 spiro atoms. The first-order chi connectivity index (χ1) is 8.58. The Morgan fingerprint density at radius 3 is 2.78 bits per heavy atom. The minimum atomic E-state index is 0.00306. The van der Waals surface area contributed by atoms with Crippen LogP contribution in [0.25, 0.3) is 0 Å². The first-order valence-electron chi connectivity index (χ1n) is 6.79. The second kappa shape index (κ2) is 5.65. The Hall–Kier alpha value is -1.16. The van der Waals surface area contributed by atoms with Gasteiger partial charge in [-0.05, 0) is 32.1 Å². The molecule has 2 rings (SSSR count). The molecule has 2 heterocycles. The van der Waals surface area contributed by atoms with E-state index in [0.29, 0.717) is 6.42 Å². The van der Waals surface area contributed by atoms with Crippen LogP contribution in [-0.2, 0) is 11.2 Å². The van der Waals surface area contributed by atoms with Gasteiger partial charge in [0.2, 0.25) is 0 Å². The molecule has 4 nitrogen and oxygen atoms in total. The molecular formula is C14H22N2O2. The number of hydrogen-bond donors (Lipinski definition) is 1. The van der Waals surface area contributed by atoms with Gasteiger partial charge in [-0.1, -0.05) is 13.8 Å². The molecule has 0 aromatic carbocycles. The second-order valence-electron chi connectivity index (χ2n) is 5.36. The van der Waals surface area contributed by atoms with Gasteiger partial charge in [0.25, 0.3) is 5.56 Å². The summed E-state index contributed by atoms with van der Waals surface area (Å²) in [6.45, 7) is 6.78. The zero-order chi connectivity index (χ0) is 13.1. The van der Waals surface area contributed by atoms with Crippen LogP contribution in [0.4, 0.5) is 0 Å². The highest BCUT2D eigenvalue weighted by Gasteiger charge is 2.17. The van der Waals surface area contributed by atoms with Crippen LogP contribution in [0.2, 0.25) is 0 Å². The number of nitrogens with one attached hydrogen (secondary N) is 1. The lowest BCUT2D eigenvalue weighted by atomic mass is 10.0. The van der Waals surface area contributed by atoms with E-state index in [4.69, 9.17) is 4.74 Å². The smallest absolute Gasteiger partial charge is 0.254 e. The van der Waals surface area contributed by atoms with Gasteiger partial charge >= 0.3 is 0 Å². The van der Waals surface area contributed by atoms with Crippen molar-refractivity contribution in [2.75, 3.05) is 6.61 Å². The van der Waals surface area contributed by atoms with Crippen LogP contribution in [0.1, 0.15) is 56.1 Å². The van der Waals surface area contributed by atoms with Gasteiger partial charge in [0.1, 0.15) is 5.82 Å². The number of aromatic amines is 1. The summed E-state index contributed by atoms with van der Waals surface area (Å²) in [6, 6.07) is 0.